The first kappa shape index (κ1) is 15.3. The number of rotatable bonds is 6. The smallest absolute Gasteiger partial charge is 0.127 e. The molecule has 0 radical (unpaired) electrons. The van der Waals surface area contributed by atoms with Crippen LogP contribution >= 0.6 is 0 Å². The lowest BCUT2D eigenvalue weighted by Crippen LogP contribution is -2.30. The molecule has 0 spiro atoms. The first-order chi connectivity index (χ1) is 10.2. The van der Waals surface area contributed by atoms with Gasteiger partial charge in [0.2, 0.25) is 0 Å². The van der Waals surface area contributed by atoms with Gasteiger partial charge in [0.05, 0.1) is 25.8 Å². The van der Waals surface area contributed by atoms with Crippen LogP contribution < -0.4 is 20.7 Å². The zero-order chi connectivity index (χ0) is 15.2. The summed E-state index contributed by atoms with van der Waals surface area (Å²) >= 11 is 0. The molecule has 0 bridgehead atoms. The number of halogens is 1. The summed E-state index contributed by atoms with van der Waals surface area (Å²) in [5.74, 6) is 6.70. The van der Waals surface area contributed by atoms with E-state index in [1.165, 1.54) is 6.07 Å². The zero-order valence-corrected chi connectivity index (χ0v) is 12.1. The maximum Gasteiger partial charge on any atom is 0.127 e. The maximum absolute atomic E-state index is 13.8. The van der Waals surface area contributed by atoms with Crippen LogP contribution in [0.25, 0.3) is 0 Å². The third-order valence-electron chi connectivity index (χ3n) is 3.40. The summed E-state index contributed by atoms with van der Waals surface area (Å²) in [4.78, 5) is 0. The topological polar surface area (TPSA) is 56.5 Å². The van der Waals surface area contributed by atoms with E-state index < -0.39 is 0 Å². The number of ether oxygens (including phenoxy) is 2. The Labute approximate surface area is 123 Å². The fraction of sp³-hybridized carbons (Fsp3) is 0.250. The minimum Gasteiger partial charge on any atom is -0.496 e. The second-order valence-corrected chi connectivity index (χ2v) is 4.59. The second-order valence-electron chi connectivity index (χ2n) is 4.59. The van der Waals surface area contributed by atoms with E-state index in [1.54, 1.807) is 32.4 Å². The minimum atomic E-state index is -0.326. The lowest BCUT2D eigenvalue weighted by Gasteiger charge is -2.22. The predicted molar refractivity (Wildman–Crippen MR) is 79.7 cm³/mol. The molecule has 0 saturated heterocycles. The van der Waals surface area contributed by atoms with Gasteiger partial charge in [0.1, 0.15) is 17.3 Å². The van der Waals surface area contributed by atoms with Crippen molar-refractivity contribution in [3.8, 4) is 11.5 Å². The molecule has 0 aromatic heterocycles. The number of nitrogens with one attached hydrogen (secondary N) is 1. The van der Waals surface area contributed by atoms with Gasteiger partial charge in [-0.05, 0) is 30.2 Å². The number of hydrogen-bond donors (Lipinski definition) is 2. The molecule has 21 heavy (non-hydrogen) atoms. The molecule has 5 heteroatoms. The Morgan fingerprint density at radius 3 is 2.19 bits per heavy atom. The van der Waals surface area contributed by atoms with Gasteiger partial charge in [-0.25, -0.2) is 4.39 Å². The van der Waals surface area contributed by atoms with Crippen LogP contribution in [0, 0.1) is 5.82 Å². The van der Waals surface area contributed by atoms with E-state index in [0.717, 1.165) is 5.56 Å². The fourth-order valence-corrected chi connectivity index (χ4v) is 2.35. The van der Waals surface area contributed by atoms with Gasteiger partial charge in [-0.3, -0.25) is 11.3 Å². The highest BCUT2D eigenvalue weighted by atomic mass is 19.1. The summed E-state index contributed by atoms with van der Waals surface area (Å²) in [5.41, 5.74) is 4.07. The average Bonchev–Trinajstić information content (AvgIpc) is 2.53. The first-order valence-electron chi connectivity index (χ1n) is 6.61. The molecular formula is C16H19FN2O2. The summed E-state index contributed by atoms with van der Waals surface area (Å²) in [6.07, 6.45) is 0.389. The molecule has 0 amide bonds. The van der Waals surface area contributed by atoms with Crippen molar-refractivity contribution in [2.75, 3.05) is 14.2 Å². The van der Waals surface area contributed by atoms with Crippen molar-refractivity contribution in [2.45, 2.75) is 12.5 Å². The van der Waals surface area contributed by atoms with E-state index in [9.17, 15) is 4.39 Å². The van der Waals surface area contributed by atoms with Crippen LogP contribution in [0.2, 0.25) is 0 Å². The van der Waals surface area contributed by atoms with Crippen molar-refractivity contribution < 1.29 is 13.9 Å². The van der Waals surface area contributed by atoms with Gasteiger partial charge < -0.3 is 9.47 Å². The van der Waals surface area contributed by atoms with E-state index >= 15 is 0 Å². The molecule has 112 valence electrons. The number of hydrazine groups is 1. The monoisotopic (exact) mass is 290 g/mol. The van der Waals surface area contributed by atoms with E-state index in [-0.39, 0.29) is 11.9 Å². The van der Waals surface area contributed by atoms with Gasteiger partial charge in [-0.1, -0.05) is 24.3 Å². The van der Waals surface area contributed by atoms with Crippen molar-refractivity contribution in [3.05, 3.63) is 59.4 Å². The Morgan fingerprint density at radius 2 is 1.67 bits per heavy atom. The molecule has 0 aliphatic heterocycles. The molecule has 0 fully saturated rings. The van der Waals surface area contributed by atoms with Crippen LogP contribution in [-0.4, -0.2) is 14.2 Å². The highest BCUT2D eigenvalue weighted by Crippen LogP contribution is 2.35. The molecule has 0 saturated carbocycles. The van der Waals surface area contributed by atoms with E-state index in [4.69, 9.17) is 15.3 Å². The summed E-state index contributed by atoms with van der Waals surface area (Å²) in [6, 6.07) is 11.8. The van der Waals surface area contributed by atoms with Gasteiger partial charge in [-0.15, -0.1) is 0 Å². The molecule has 1 unspecified atom stereocenters. The molecule has 2 aromatic rings. The van der Waals surface area contributed by atoms with Crippen molar-refractivity contribution in [1.82, 2.24) is 5.43 Å². The molecule has 4 nitrogen and oxygen atoms in total. The number of hydrogen-bond acceptors (Lipinski definition) is 4. The Balaban J connectivity index is 2.40. The highest BCUT2D eigenvalue weighted by molar-refractivity contribution is 5.47. The molecule has 2 rings (SSSR count). The third-order valence-corrected chi connectivity index (χ3v) is 3.40. The number of methoxy groups -OCH3 is 2. The van der Waals surface area contributed by atoms with E-state index in [0.29, 0.717) is 23.5 Å². The summed E-state index contributed by atoms with van der Waals surface area (Å²) < 4.78 is 24.6. The van der Waals surface area contributed by atoms with Crippen LogP contribution in [0.4, 0.5) is 4.39 Å². The van der Waals surface area contributed by atoms with Gasteiger partial charge in [-0.2, -0.15) is 0 Å². The lowest BCUT2D eigenvalue weighted by molar-refractivity contribution is 0.369. The normalized spacial score (nSPS) is 12.0. The van der Waals surface area contributed by atoms with Crippen LogP contribution in [0.5, 0.6) is 11.5 Å². The molecule has 3 N–H and O–H groups in total. The predicted octanol–water partition coefficient (Wildman–Crippen LogP) is 2.59. The molecule has 0 aliphatic carbocycles. The molecule has 0 aliphatic rings. The average molecular weight is 290 g/mol. The Hall–Kier alpha value is -2.11. The van der Waals surface area contributed by atoms with Crippen LogP contribution in [0.15, 0.2) is 42.5 Å². The Bertz CT molecular complexity index is 582. The van der Waals surface area contributed by atoms with E-state index in [1.807, 2.05) is 18.2 Å². The van der Waals surface area contributed by atoms with Crippen molar-refractivity contribution >= 4 is 0 Å². The molecule has 1 atom stereocenters. The van der Waals surface area contributed by atoms with E-state index in [2.05, 4.69) is 5.43 Å². The minimum absolute atomic E-state index is 0.258. The Morgan fingerprint density at radius 1 is 1.05 bits per heavy atom. The summed E-state index contributed by atoms with van der Waals surface area (Å²) in [7, 11) is 3.16. The maximum atomic E-state index is 13.8. The lowest BCUT2D eigenvalue weighted by atomic mass is 9.97. The summed E-state index contributed by atoms with van der Waals surface area (Å²) in [6.45, 7) is 0. The van der Waals surface area contributed by atoms with Crippen molar-refractivity contribution in [1.29, 1.82) is 0 Å². The molecule has 2 aromatic carbocycles. The summed E-state index contributed by atoms with van der Waals surface area (Å²) in [5, 5.41) is 0. The fourth-order valence-electron chi connectivity index (χ4n) is 2.35. The van der Waals surface area contributed by atoms with Crippen molar-refractivity contribution in [2.24, 2.45) is 5.84 Å². The number of benzene rings is 2. The van der Waals surface area contributed by atoms with Gasteiger partial charge in [0.25, 0.3) is 0 Å². The highest BCUT2D eigenvalue weighted by Gasteiger charge is 2.21. The Kier molecular flexibility index (Phi) is 5.14. The first-order valence-corrected chi connectivity index (χ1v) is 6.61. The zero-order valence-electron chi connectivity index (χ0n) is 12.1. The van der Waals surface area contributed by atoms with Gasteiger partial charge >= 0.3 is 0 Å². The second kappa shape index (κ2) is 7.06. The molecule has 0 heterocycles. The van der Waals surface area contributed by atoms with Crippen molar-refractivity contribution in [3.63, 3.8) is 0 Å². The van der Waals surface area contributed by atoms with Gasteiger partial charge in [0.15, 0.2) is 0 Å². The van der Waals surface area contributed by atoms with Crippen LogP contribution in [0.3, 0.4) is 0 Å². The van der Waals surface area contributed by atoms with Gasteiger partial charge in [0, 0.05) is 0 Å². The third kappa shape index (κ3) is 3.32. The standard InChI is InChI=1S/C16H19FN2O2/c1-20-14-8-5-9-15(21-2)16(14)13(19-18)10-11-6-3-4-7-12(11)17/h3-9,13,19H,10,18H2,1-2H3. The SMILES string of the molecule is COc1cccc(OC)c1C(Cc1ccccc1F)NN. The van der Waals surface area contributed by atoms with Crippen LogP contribution in [-0.2, 0) is 6.42 Å². The van der Waals surface area contributed by atoms with Crippen LogP contribution in [0.1, 0.15) is 17.2 Å². The number of nitrogens with two attached hydrogens (primary N) is 1. The quantitative estimate of drug-likeness (QED) is 0.634. The molecular weight excluding hydrogens is 271 g/mol. The largest absolute Gasteiger partial charge is 0.496 e.